The lowest BCUT2D eigenvalue weighted by molar-refractivity contribution is 0.223. The second-order valence-electron chi connectivity index (χ2n) is 2.66. The average Bonchev–Trinajstić information content (AvgIpc) is 2.16. The number of aliphatic hydroxyl groups excluding tert-OH is 1. The van der Waals surface area contributed by atoms with Crippen molar-refractivity contribution in [3.05, 3.63) is 24.3 Å². The Balaban J connectivity index is 0.00000169. The molecule has 1 unspecified atom stereocenters. The summed E-state index contributed by atoms with van der Waals surface area (Å²) in [5, 5.41) is 9.22. The molecule has 0 fully saturated rings. The van der Waals surface area contributed by atoms with Crippen LogP contribution in [0.3, 0.4) is 0 Å². The fourth-order valence-electron chi connectivity index (χ4n) is 0.842. The fraction of sp³-hybridized carbons (Fsp3) is 0.333. The minimum Gasteiger partial charge on any atom is -0.398 e. The van der Waals surface area contributed by atoms with E-state index in [9.17, 15) is 5.11 Å². The highest BCUT2D eigenvalue weighted by atomic mass is 35.5. The molecule has 0 aliphatic rings. The molecule has 0 amide bonds. The van der Waals surface area contributed by atoms with Gasteiger partial charge in [0.15, 0.2) is 0 Å². The first-order chi connectivity index (χ1) is 6.24. The van der Waals surface area contributed by atoms with Crippen LogP contribution in [0.2, 0.25) is 0 Å². The first-order valence-corrected chi connectivity index (χ1v) is 5.47. The highest BCUT2D eigenvalue weighted by Crippen LogP contribution is 2.24. The Bertz CT molecular complexity index is 273. The van der Waals surface area contributed by atoms with Crippen molar-refractivity contribution in [2.45, 2.75) is 11.0 Å². The number of hydrogen-bond acceptors (Lipinski definition) is 3. The van der Waals surface area contributed by atoms with Gasteiger partial charge in [-0.3, -0.25) is 0 Å². The van der Waals surface area contributed by atoms with E-state index < -0.39 is 6.10 Å². The summed E-state index contributed by atoms with van der Waals surface area (Å²) in [7, 11) is 0. The summed E-state index contributed by atoms with van der Waals surface area (Å²) >= 11 is 6.98. The van der Waals surface area contributed by atoms with Gasteiger partial charge in [0.05, 0.1) is 6.10 Å². The molecule has 0 spiro atoms. The number of aliphatic hydroxyl groups is 1. The van der Waals surface area contributed by atoms with E-state index in [-0.39, 0.29) is 18.3 Å². The number of rotatable bonds is 4. The summed E-state index contributed by atoms with van der Waals surface area (Å²) < 4.78 is 0. The maximum absolute atomic E-state index is 9.22. The van der Waals surface area contributed by atoms with Crippen LogP contribution in [0.15, 0.2) is 29.2 Å². The topological polar surface area (TPSA) is 46.2 Å². The van der Waals surface area contributed by atoms with Gasteiger partial charge in [0.25, 0.3) is 0 Å². The van der Waals surface area contributed by atoms with E-state index >= 15 is 0 Å². The van der Waals surface area contributed by atoms with Crippen LogP contribution in [0.5, 0.6) is 0 Å². The predicted octanol–water partition coefficient (Wildman–Crippen LogP) is 2.38. The third kappa shape index (κ3) is 4.42. The molecule has 5 heteroatoms. The van der Waals surface area contributed by atoms with E-state index in [4.69, 9.17) is 17.3 Å². The van der Waals surface area contributed by atoms with E-state index in [2.05, 4.69) is 0 Å². The predicted molar refractivity (Wildman–Crippen MR) is 65.6 cm³/mol. The monoisotopic (exact) mass is 253 g/mol. The Labute approximate surface area is 99.2 Å². The van der Waals surface area contributed by atoms with Gasteiger partial charge in [-0.25, -0.2) is 0 Å². The van der Waals surface area contributed by atoms with Gasteiger partial charge >= 0.3 is 0 Å². The Morgan fingerprint density at radius 2 is 2.07 bits per heavy atom. The number of nitrogens with two attached hydrogens (primary N) is 1. The molecule has 1 rings (SSSR count). The van der Waals surface area contributed by atoms with Crippen LogP contribution >= 0.6 is 35.8 Å². The molecule has 0 bridgehead atoms. The van der Waals surface area contributed by atoms with Gasteiger partial charge in [-0.2, -0.15) is 0 Å². The summed E-state index contributed by atoms with van der Waals surface area (Å²) in [6.07, 6.45) is -0.466. The summed E-state index contributed by atoms with van der Waals surface area (Å²) in [5.41, 5.74) is 6.46. The molecule has 0 saturated heterocycles. The van der Waals surface area contributed by atoms with Crippen molar-refractivity contribution < 1.29 is 5.11 Å². The number of anilines is 1. The minimum atomic E-state index is -0.466. The van der Waals surface area contributed by atoms with Crippen molar-refractivity contribution in [3.8, 4) is 0 Å². The van der Waals surface area contributed by atoms with Crippen LogP contribution < -0.4 is 5.73 Å². The lowest BCUT2D eigenvalue weighted by Crippen LogP contribution is -2.11. The molecular formula is C9H13Cl2NOS. The largest absolute Gasteiger partial charge is 0.398 e. The van der Waals surface area contributed by atoms with Crippen LogP contribution in [-0.2, 0) is 0 Å². The number of halogens is 2. The summed E-state index contributed by atoms with van der Waals surface area (Å²) in [6, 6.07) is 7.58. The molecule has 0 radical (unpaired) electrons. The van der Waals surface area contributed by atoms with Crippen LogP contribution in [-0.4, -0.2) is 22.8 Å². The van der Waals surface area contributed by atoms with E-state index in [0.717, 1.165) is 10.6 Å². The van der Waals surface area contributed by atoms with Crippen LogP contribution in [0.4, 0.5) is 5.69 Å². The molecular weight excluding hydrogens is 241 g/mol. The molecule has 1 aromatic rings. The number of nitrogen functional groups attached to an aromatic ring is 1. The van der Waals surface area contributed by atoms with E-state index in [1.807, 2.05) is 24.3 Å². The van der Waals surface area contributed by atoms with E-state index in [0.29, 0.717) is 5.75 Å². The Morgan fingerprint density at radius 3 is 2.64 bits per heavy atom. The first-order valence-electron chi connectivity index (χ1n) is 3.95. The van der Waals surface area contributed by atoms with Crippen molar-refractivity contribution in [2.75, 3.05) is 17.4 Å². The normalized spacial score (nSPS) is 11.9. The van der Waals surface area contributed by atoms with Crippen molar-refractivity contribution in [2.24, 2.45) is 0 Å². The summed E-state index contributed by atoms with van der Waals surface area (Å²) in [6.45, 7) is 0. The highest BCUT2D eigenvalue weighted by molar-refractivity contribution is 7.99. The quantitative estimate of drug-likeness (QED) is 0.492. The Morgan fingerprint density at radius 1 is 1.43 bits per heavy atom. The van der Waals surface area contributed by atoms with Gasteiger partial charge in [0.1, 0.15) is 0 Å². The standard InChI is InChI=1S/C9H12ClNOS.ClH/c10-5-7(12)6-13-9-4-2-1-3-8(9)11;/h1-4,7,12H,5-6,11H2;1H. The molecule has 1 aromatic carbocycles. The van der Waals surface area contributed by atoms with Crippen LogP contribution in [0, 0.1) is 0 Å². The maximum Gasteiger partial charge on any atom is 0.0769 e. The Hall–Kier alpha value is -0.0900. The smallest absolute Gasteiger partial charge is 0.0769 e. The third-order valence-electron chi connectivity index (χ3n) is 1.53. The summed E-state index contributed by atoms with van der Waals surface area (Å²) in [4.78, 5) is 0.992. The Kier molecular flexibility index (Phi) is 7.19. The molecule has 80 valence electrons. The summed E-state index contributed by atoms with van der Waals surface area (Å²) in [5.74, 6) is 0.845. The molecule has 0 heterocycles. The first kappa shape index (κ1) is 13.9. The van der Waals surface area contributed by atoms with Crippen molar-refractivity contribution in [1.82, 2.24) is 0 Å². The lowest BCUT2D eigenvalue weighted by atomic mass is 10.3. The molecule has 1 atom stereocenters. The molecule has 3 N–H and O–H groups in total. The van der Waals surface area contributed by atoms with Gasteiger partial charge in [-0.1, -0.05) is 12.1 Å². The van der Waals surface area contributed by atoms with Crippen molar-refractivity contribution >= 4 is 41.5 Å². The number of thioether (sulfide) groups is 1. The highest BCUT2D eigenvalue weighted by Gasteiger charge is 2.04. The molecule has 0 aliphatic carbocycles. The number of alkyl halides is 1. The lowest BCUT2D eigenvalue weighted by Gasteiger charge is -2.07. The number of hydrogen-bond donors (Lipinski definition) is 2. The third-order valence-corrected chi connectivity index (χ3v) is 3.12. The SMILES string of the molecule is Cl.Nc1ccccc1SCC(O)CCl. The van der Waals surface area contributed by atoms with Crippen molar-refractivity contribution in [1.29, 1.82) is 0 Å². The number of para-hydroxylation sites is 1. The number of benzene rings is 1. The second kappa shape index (κ2) is 7.23. The van der Waals surface area contributed by atoms with Gasteiger partial charge in [-0.15, -0.1) is 35.8 Å². The zero-order valence-electron chi connectivity index (χ0n) is 7.52. The molecule has 0 aromatic heterocycles. The van der Waals surface area contributed by atoms with Gasteiger partial charge in [-0.05, 0) is 12.1 Å². The molecule has 2 nitrogen and oxygen atoms in total. The van der Waals surface area contributed by atoms with Gasteiger partial charge < -0.3 is 10.8 Å². The fourth-order valence-corrected chi connectivity index (χ4v) is 1.98. The van der Waals surface area contributed by atoms with Gasteiger partial charge in [0, 0.05) is 22.2 Å². The zero-order chi connectivity index (χ0) is 9.68. The van der Waals surface area contributed by atoms with Gasteiger partial charge in [0.2, 0.25) is 0 Å². The molecule has 0 aliphatic heterocycles. The van der Waals surface area contributed by atoms with Crippen molar-refractivity contribution in [3.63, 3.8) is 0 Å². The molecule has 14 heavy (non-hydrogen) atoms. The zero-order valence-corrected chi connectivity index (χ0v) is 9.91. The second-order valence-corrected chi connectivity index (χ2v) is 4.03. The molecule has 0 saturated carbocycles. The van der Waals surface area contributed by atoms with E-state index in [1.165, 1.54) is 11.8 Å². The van der Waals surface area contributed by atoms with Crippen LogP contribution in [0.25, 0.3) is 0 Å². The van der Waals surface area contributed by atoms with E-state index in [1.54, 1.807) is 0 Å². The average molecular weight is 254 g/mol. The maximum atomic E-state index is 9.22. The van der Waals surface area contributed by atoms with Crippen LogP contribution in [0.1, 0.15) is 0 Å². The minimum absolute atomic E-state index is 0.